The van der Waals surface area contributed by atoms with Gasteiger partial charge >= 0.3 is 0 Å². The number of fused-ring (bicyclic) bond motifs is 1. The molecule has 6 nitrogen and oxygen atoms in total. The summed E-state index contributed by atoms with van der Waals surface area (Å²) in [7, 11) is -3.50. The Kier molecular flexibility index (Phi) is 4.56. The molecule has 0 radical (unpaired) electrons. The first kappa shape index (κ1) is 15.6. The van der Waals surface area contributed by atoms with Crippen LogP contribution in [0.5, 0.6) is 11.5 Å². The van der Waals surface area contributed by atoms with Gasteiger partial charge in [0.1, 0.15) is 0 Å². The van der Waals surface area contributed by atoms with Gasteiger partial charge in [-0.25, -0.2) is 8.42 Å². The van der Waals surface area contributed by atoms with Crippen molar-refractivity contribution in [3.8, 4) is 11.5 Å². The molecule has 2 aliphatic rings. The van der Waals surface area contributed by atoms with Crippen LogP contribution in [-0.4, -0.2) is 45.8 Å². The normalized spacial score (nSPS) is 22.0. The van der Waals surface area contributed by atoms with Crippen molar-refractivity contribution < 1.29 is 22.6 Å². The molecule has 3 rings (SSSR count). The zero-order valence-electron chi connectivity index (χ0n) is 12.7. The lowest BCUT2D eigenvalue weighted by Crippen LogP contribution is -2.41. The van der Waals surface area contributed by atoms with E-state index in [4.69, 9.17) is 14.2 Å². The van der Waals surface area contributed by atoms with Gasteiger partial charge < -0.3 is 14.2 Å². The number of ether oxygens (including phenoxy) is 3. The average Bonchev–Trinajstić information content (AvgIpc) is 3.00. The minimum Gasteiger partial charge on any atom is -0.454 e. The molecule has 2 heterocycles. The molecule has 1 aromatic rings. The lowest BCUT2D eigenvalue weighted by Gasteiger charge is -2.31. The Bertz CT molecular complexity index is 631. The quantitative estimate of drug-likeness (QED) is 0.826. The van der Waals surface area contributed by atoms with E-state index < -0.39 is 10.0 Å². The van der Waals surface area contributed by atoms with E-state index >= 15 is 0 Å². The largest absolute Gasteiger partial charge is 0.454 e. The number of rotatable bonds is 5. The molecule has 0 amide bonds. The van der Waals surface area contributed by atoms with Crippen LogP contribution in [-0.2, 0) is 14.8 Å². The number of hydrogen-bond acceptors (Lipinski definition) is 5. The van der Waals surface area contributed by atoms with Gasteiger partial charge in [-0.05, 0) is 37.8 Å². The topological polar surface area (TPSA) is 65.1 Å². The van der Waals surface area contributed by atoms with Crippen LogP contribution in [0.2, 0.25) is 0 Å². The van der Waals surface area contributed by atoms with Crippen molar-refractivity contribution >= 4 is 10.0 Å². The zero-order valence-corrected chi connectivity index (χ0v) is 13.5. The Morgan fingerprint density at radius 3 is 2.95 bits per heavy atom. The van der Waals surface area contributed by atoms with Crippen molar-refractivity contribution in [3.63, 3.8) is 0 Å². The third kappa shape index (κ3) is 3.06. The number of hydrogen-bond donors (Lipinski definition) is 0. The molecule has 1 fully saturated rings. The maximum atomic E-state index is 12.8. The molecule has 1 saturated heterocycles. The molecule has 7 heteroatoms. The van der Waals surface area contributed by atoms with Crippen molar-refractivity contribution in [2.24, 2.45) is 5.92 Å². The zero-order chi connectivity index (χ0) is 15.6. The van der Waals surface area contributed by atoms with Crippen LogP contribution in [0.1, 0.15) is 19.8 Å². The maximum absolute atomic E-state index is 12.8. The highest BCUT2D eigenvalue weighted by molar-refractivity contribution is 7.89. The standard InChI is InChI=1S/C15H21NO5S/c1-2-19-10-12-4-3-7-16(9-12)22(17,18)13-5-6-14-15(8-13)21-11-20-14/h5-6,8,12H,2-4,7,9-11H2,1H3. The summed E-state index contributed by atoms with van der Waals surface area (Å²) in [6.07, 6.45) is 1.87. The fourth-order valence-electron chi connectivity index (χ4n) is 2.85. The van der Waals surface area contributed by atoms with Gasteiger partial charge in [-0.3, -0.25) is 0 Å². The fraction of sp³-hybridized carbons (Fsp3) is 0.600. The summed E-state index contributed by atoms with van der Waals surface area (Å²) in [4.78, 5) is 0.258. The maximum Gasteiger partial charge on any atom is 0.243 e. The van der Waals surface area contributed by atoms with E-state index in [1.165, 1.54) is 0 Å². The van der Waals surface area contributed by atoms with E-state index in [1.807, 2.05) is 6.92 Å². The summed E-state index contributed by atoms with van der Waals surface area (Å²) in [6, 6.07) is 4.77. The van der Waals surface area contributed by atoms with Crippen LogP contribution in [0.3, 0.4) is 0 Å². The number of nitrogens with zero attached hydrogens (tertiary/aromatic N) is 1. The molecule has 0 N–H and O–H groups in total. The summed E-state index contributed by atoms with van der Waals surface area (Å²) in [5, 5.41) is 0. The van der Waals surface area contributed by atoms with E-state index in [1.54, 1.807) is 22.5 Å². The van der Waals surface area contributed by atoms with Crippen LogP contribution in [0.15, 0.2) is 23.1 Å². The van der Waals surface area contributed by atoms with Gasteiger partial charge in [-0.15, -0.1) is 0 Å². The number of piperidine rings is 1. The molecule has 1 unspecified atom stereocenters. The Balaban J connectivity index is 1.77. The molecular weight excluding hydrogens is 306 g/mol. The predicted molar refractivity (Wildman–Crippen MR) is 80.5 cm³/mol. The molecular formula is C15H21NO5S. The van der Waals surface area contributed by atoms with Gasteiger partial charge in [-0.2, -0.15) is 4.31 Å². The van der Waals surface area contributed by atoms with Crippen molar-refractivity contribution in [3.05, 3.63) is 18.2 Å². The lowest BCUT2D eigenvalue weighted by molar-refractivity contribution is 0.0864. The second kappa shape index (κ2) is 6.44. The number of sulfonamides is 1. The van der Waals surface area contributed by atoms with Crippen molar-refractivity contribution in [2.75, 3.05) is 33.1 Å². The summed E-state index contributed by atoms with van der Waals surface area (Å²) in [5.41, 5.74) is 0. The molecule has 0 bridgehead atoms. The Morgan fingerprint density at radius 1 is 1.32 bits per heavy atom. The van der Waals surface area contributed by atoms with Gasteiger partial charge in [-0.1, -0.05) is 0 Å². The van der Waals surface area contributed by atoms with E-state index in [9.17, 15) is 8.42 Å². The molecule has 122 valence electrons. The van der Waals surface area contributed by atoms with Crippen molar-refractivity contribution in [2.45, 2.75) is 24.7 Å². The molecule has 1 aromatic carbocycles. The highest BCUT2D eigenvalue weighted by Gasteiger charge is 2.31. The lowest BCUT2D eigenvalue weighted by atomic mass is 10.0. The van der Waals surface area contributed by atoms with Crippen LogP contribution in [0.4, 0.5) is 0 Å². The molecule has 1 atom stereocenters. The Morgan fingerprint density at radius 2 is 2.14 bits per heavy atom. The molecule has 0 saturated carbocycles. The second-order valence-electron chi connectivity index (χ2n) is 5.55. The van der Waals surface area contributed by atoms with Crippen molar-refractivity contribution in [1.82, 2.24) is 4.31 Å². The van der Waals surface area contributed by atoms with Gasteiger partial charge in [0.25, 0.3) is 0 Å². The first-order valence-electron chi connectivity index (χ1n) is 7.59. The predicted octanol–water partition coefficient (Wildman–Crippen LogP) is 1.85. The molecule has 0 aliphatic carbocycles. The van der Waals surface area contributed by atoms with E-state index in [0.717, 1.165) is 12.8 Å². The van der Waals surface area contributed by atoms with Crippen molar-refractivity contribution in [1.29, 1.82) is 0 Å². The first-order valence-corrected chi connectivity index (χ1v) is 9.03. The van der Waals surface area contributed by atoms with Crippen LogP contribution in [0.25, 0.3) is 0 Å². The van der Waals surface area contributed by atoms with Gasteiger partial charge in [0.05, 0.1) is 11.5 Å². The second-order valence-corrected chi connectivity index (χ2v) is 7.48. The Labute approximate surface area is 131 Å². The van der Waals surface area contributed by atoms with Gasteiger partial charge in [0.15, 0.2) is 11.5 Å². The Hall–Kier alpha value is -1.31. The first-order chi connectivity index (χ1) is 10.6. The minimum atomic E-state index is -3.50. The van der Waals surface area contributed by atoms with Gasteiger partial charge in [0, 0.05) is 25.8 Å². The molecule has 22 heavy (non-hydrogen) atoms. The molecule has 0 aromatic heterocycles. The van der Waals surface area contributed by atoms with Crippen LogP contribution in [0, 0.1) is 5.92 Å². The summed E-state index contributed by atoms with van der Waals surface area (Å²) in [5.74, 6) is 1.34. The van der Waals surface area contributed by atoms with E-state index in [0.29, 0.717) is 37.8 Å². The van der Waals surface area contributed by atoms with Crippen LogP contribution < -0.4 is 9.47 Å². The third-order valence-corrected chi connectivity index (χ3v) is 5.88. The average molecular weight is 327 g/mol. The minimum absolute atomic E-state index is 0.138. The molecule has 2 aliphatic heterocycles. The van der Waals surface area contributed by atoms with Gasteiger partial charge in [0.2, 0.25) is 16.8 Å². The fourth-order valence-corrected chi connectivity index (χ4v) is 4.42. The third-order valence-electron chi connectivity index (χ3n) is 4.02. The highest BCUT2D eigenvalue weighted by Crippen LogP contribution is 2.35. The summed E-state index contributed by atoms with van der Waals surface area (Å²) < 4.78 is 43.1. The van der Waals surface area contributed by atoms with E-state index in [2.05, 4.69) is 0 Å². The number of benzene rings is 1. The monoisotopic (exact) mass is 327 g/mol. The highest BCUT2D eigenvalue weighted by atomic mass is 32.2. The SMILES string of the molecule is CCOCC1CCCN(S(=O)(=O)c2ccc3c(c2)OCO3)C1. The molecule has 0 spiro atoms. The van der Waals surface area contributed by atoms with E-state index in [-0.39, 0.29) is 17.6 Å². The summed E-state index contributed by atoms with van der Waals surface area (Å²) >= 11 is 0. The van der Waals surface area contributed by atoms with Crippen LogP contribution >= 0.6 is 0 Å². The summed E-state index contributed by atoms with van der Waals surface area (Å²) in [6.45, 7) is 4.42. The smallest absolute Gasteiger partial charge is 0.243 e.